The van der Waals surface area contributed by atoms with E-state index in [1.54, 1.807) is 25.3 Å². The van der Waals surface area contributed by atoms with E-state index < -0.39 is 0 Å². The minimum Gasteiger partial charge on any atom is -0.489 e. The van der Waals surface area contributed by atoms with Crippen molar-refractivity contribution in [2.75, 3.05) is 19.0 Å². The molecular formula is C14H15BrClN3O2. The summed E-state index contributed by atoms with van der Waals surface area (Å²) in [5, 5.41) is 3.79. The summed E-state index contributed by atoms with van der Waals surface area (Å²) in [6.07, 6.45) is 2.41. The van der Waals surface area contributed by atoms with Crippen LogP contribution in [0.2, 0.25) is 5.02 Å². The van der Waals surface area contributed by atoms with Gasteiger partial charge >= 0.3 is 0 Å². The standard InChI is InChI=1S/C14H15BrClN3O2/c1-3-6-17-13-12(20-2)14(19-8-18-13)21-11-5-4-9(16)7-10(11)15/h4-5,7-8H,3,6H2,1-2H3,(H,17,18,19). The van der Waals surface area contributed by atoms with Crippen LogP contribution in [0.5, 0.6) is 17.4 Å². The molecule has 0 spiro atoms. The van der Waals surface area contributed by atoms with Crippen LogP contribution in [0.15, 0.2) is 29.0 Å². The highest BCUT2D eigenvalue weighted by atomic mass is 79.9. The number of ether oxygens (including phenoxy) is 2. The molecule has 0 aliphatic rings. The largest absolute Gasteiger partial charge is 0.489 e. The first-order valence-electron chi connectivity index (χ1n) is 6.41. The molecule has 5 nitrogen and oxygen atoms in total. The van der Waals surface area contributed by atoms with Crippen molar-refractivity contribution in [3.05, 3.63) is 34.0 Å². The molecule has 21 heavy (non-hydrogen) atoms. The van der Waals surface area contributed by atoms with Crippen molar-refractivity contribution in [1.29, 1.82) is 0 Å². The SMILES string of the molecule is CCCNc1ncnc(Oc2ccc(Cl)cc2Br)c1OC. The van der Waals surface area contributed by atoms with Gasteiger partial charge in [0.1, 0.15) is 12.1 Å². The number of hydrogen-bond donors (Lipinski definition) is 1. The van der Waals surface area contributed by atoms with Gasteiger partial charge in [0.25, 0.3) is 5.88 Å². The minimum atomic E-state index is 0.342. The lowest BCUT2D eigenvalue weighted by molar-refractivity contribution is 0.368. The summed E-state index contributed by atoms with van der Waals surface area (Å²) in [7, 11) is 1.56. The highest BCUT2D eigenvalue weighted by molar-refractivity contribution is 9.10. The second kappa shape index (κ2) is 7.47. The Bertz CT molecular complexity index is 625. The van der Waals surface area contributed by atoms with Gasteiger partial charge < -0.3 is 14.8 Å². The van der Waals surface area contributed by atoms with Gasteiger partial charge in [-0.25, -0.2) is 4.98 Å². The Balaban J connectivity index is 2.30. The summed E-state index contributed by atoms with van der Waals surface area (Å²) in [6, 6.07) is 5.25. The highest BCUT2D eigenvalue weighted by Crippen LogP contribution is 2.37. The normalized spacial score (nSPS) is 10.3. The number of nitrogens with one attached hydrogen (secondary N) is 1. The maximum absolute atomic E-state index is 5.92. The van der Waals surface area contributed by atoms with E-state index >= 15 is 0 Å². The van der Waals surface area contributed by atoms with E-state index in [0.29, 0.717) is 28.2 Å². The second-order valence-electron chi connectivity index (χ2n) is 4.16. The van der Waals surface area contributed by atoms with E-state index in [9.17, 15) is 0 Å². The Hall–Kier alpha value is -1.53. The van der Waals surface area contributed by atoms with E-state index in [1.165, 1.54) is 6.33 Å². The number of nitrogens with zero attached hydrogens (tertiary/aromatic N) is 2. The van der Waals surface area contributed by atoms with Gasteiger partial charge in [0.2, 0.25) is 5.75 Å². The number of hydrogen-bond acceptors (Lipinski definition) is 5. The molecule has 2 rings (SSSR count). The average Bonchev–Trinajstić information content (AvgIpc) is 2.48. The van der Waals surface area contributed by atoms with Crippen molar-refractivity contribution < 1.29 is 9.47 Å². The molecule has 0 aliphatic heterocycles. The third-order valence-electron chi connectivity index (χ3n) is 2.62. The Kier molecular flexibility index (Phi) is 5.64. The number of rotatable bonds is 6. The first-order chi connectivity index (χ1) is 10.2. The van der Waals surface area contributed by atoms with Gasteiger partial charge in [-0.15, -0.1) is 0 Å². The molecule has 2 aromatic rings. The van der Waals surface area contributed by atoms with E-state index in [1.807, 2.05) is 0 Å². The fraction of sp³-hybridized carbons (Fsp3) is 0.286. The molecule has 0 bridgehead atoms. The summed E-state index contributed by atoms with van der Waals surface area (Å²) in [6.45, 7) is 2.86. The Morgan fingerprint density at radius 1 is 1.33 bits per heavy atom. The Morgan fingerprint density at radius 2 is 2.14 bits per heavy atom. The molecular weight excluding hydrogens is 358 g/mol. The van der Waals surface area contributed by atoms with Gasteiger partial charge in [0.15, 0.2) is 5.82 Å². The number of methoxy groups -OCH3 is 1. The second-order valence-corrected chi connectivity index (χ2v) is 5.46. The van der Waals surface area contributed by atoms with Gasteiger partial charge in [-0.05, 0) is 40.5 Å². The number of aromatic nitrogens is 2. The van der Waals surface area contributed by atoms with Crippen molar-refractivity contribution >= 4 is 33.3 Å². The molecule has 0 fully saturated rings. The average molecular weight is 373 g/mol. The molecule has 0 unspecified atom stereocenters. The van der Waals surface area contributed by atoms with Crippen LogP contribution in [-0.4, -0.2) is 23.6 Å². The molecule has 7 heteroatoms. The molecule has 0 radical (unpaired) electrons. The monoisotopic (exact) mass is 371 g/mol. The fourth-order valence-electron chi connectivity index (χ4n) is 1.65. The first-order valence-corrected chi connectivity index (χ1v) is 7.58. The molecule has 0 saturated heterocycles. The fourth-order valence-corrected chi connectivity index (χ4v) is 2.41. The number of benzene rings is 1. The molecule has 0 amide bonds. The molecule has 0 aliphatic carbocycles. The smallest absolute Gasteiger partial charge is 0.268 e. The van der Waals surface area contributed by atoms with Crippen LogP contribution in [-0.2, 0) is 0 Å². The van der Waals surface area contributed by atoms with E-state index in [-0.39, 0.29) is 0 Å². The molecule has 1 N–H and O–H groups in total. The van der Waals surface area contributed by atoms with Gasteiger partial charge in [0.05, 0.1) is 11.6 Å². The quantitative estimate of drug-likeness (QED) is 0.808. The molecule has 1 aromatic heterocycles. The molecule has 0 saturated carbocycles. The van der Waals surface area contributed by atoms with Gasteiger partial charge in [-0.2, -0.15) is 4.98 Å². The maximum atomic E-state index is 5.92. The van der Waals surface area contributed by atoms with Gasteiger partial charge in [-0.3, -0.25) is 0 Å². The lowest BCUT2D eigenvalue weighted by Gasteiger charge is -2.13. The predicted octanol–water partition coefficient (Wildman–Crippen LogP) is 4.52. The van der Waals surface area contributed by atoms with Crippen LogP contribution in [0.25, 0.3) is 0 Å². The molecule has 112 valence electrons. The minimum absolute atomic E-state index is 0.342. The zero-order chi connectivity index (χ0) is 15.2. The van der Waals surface area contributed by atoms with Crippen molar-refractivity contribution in [1.82, 2.24) is 9.97 Å². The molecule has 0 atom stereocenters. The number of anilines is 1. The highest BCUT2D eigenvalue weighted by Gasteiger charge is 2.15. The van der Waals surface area contributed by atoms with Gasteiger partial charge in [0, 0.05) is 11.6 Å². The zero-order valence-corrected chi connectivity index (χ0v) is 14.0. The van der Waals surface area contributed by atoms with Crippen LogP contribution in [0.3, 0.4) is 0 Å². The molecule has 1 heterocycles. The summed E-state index contributed by atoms with van der Waals surface area (Å²) in [5.74, 6) is 2.01. The lowest BCUT2D eigenvalue weighted by atomic mass is 10.3. The van der Waals surface area contributed by atoms with Gasteiger partial charge in [-0.1, -0.05) is 18.5 Å². The van der Waals surface area contributed by atoms with Crippen LogP contribution in [0.1, 0.15) is 13.3 Å². The van der Waals surface area contributed by atoms with Crippen LogP contribution in [0, 0.1) is 0 Å². The zero-order valence-electron chi connectivity index (χ0n) is 11.7. The van der Waals surface area contributed by atoms with Crippen LogP contribution >= 0.6 is 27.5 Å². The van der Waals surface area contributed by atoms with E-state index in [4.69, 9.17) is 21.1 Å². The van der Waals surface area contributed by atoms with Crippen LogP contribution in [0.4, 0.5) is 5.82 Å². The Labute approximate surface area is 136 Å². The van der Waals surface area contributed by atoms with E-state index in [2.05, 4.69) is 38.1 Å². The van der Waals surface area contributed by atoms with Crippen molar-refractivity contribution in [3.8, 4) is 17.4 Å². The topological polar surface area (TPSA) is 56.3 Å². The van der Waals surface area contributed by atoms with Crippen molar-refractivity contribution in [2.24, 2.45) is 0 Å². The van der Waals surface area contributed by atoms with E-state index in [0.717, 1.165) is 17.4 Å². The van der Waals surface area contributed by atoms with Crippen molar-refractivity contribution in [2.45, 2.75) is 13.3 Å². The third kappa shape index (κ3) is 3.98. The number of halogens is 2. The summed E-state index contributed by atoms with van der Waals surface area (Å²) < 4.78 is 11.9. The maximum Gasteiger partial charge on any atom is 0.268 e. The van der Waals surface area contributed by atoms with Crippen LogP contribution < -0.4 is 14.8 Å². The summed E-state index contributed by atoms with van der Waals surface area (Å²) in [5.41, 5.74) is 0. The summed E-state index contributed by atoms with van der Waals surface area (Å²) in [4.78, 5) is 8.29. The van der Waals surface area contributed by atoms with Crippen molar-refractivity contribution in [3.63, 3.8) is 0 Å². The summed E-state index contributed by atoms with van der Waals surface area (Å²) >= 11 is 9.32. The Morgan fingerprint density at radius 3 is 2.81 bits per heavy atom. The lowest BCUT2D eigenvalue weighted by Crippen LogP contribution is -2.06. The third-order valence-corrected chi connectivity index (χ3v) is 3.47. The predicted molar refractivity (Wildman–Crippen MR) is 86.6 cm³/mol. The first kappa shape index (κ1) is 15.9. The molecule has 1 aromatic carbocycles.